The Balaban J connectivity index is 2.08. The third-order valence-corrected chi connectivity index (χ3v) is 3.65. The molecule has 0 saturated carbocycles. The van der Waals surface area contributed by atoms with Crippen molar-refractivity contribution in [3.63, 3.8) is 0 Å². The highest BCUT2D eigenvalue weighted by Crippen LogP contribution is 2.23. The summed E-state index contributed by atoms with van der Waals surface area (Å²) in [6, 6.07) is 8.99. The van der Waals surface area contributed by atoms with Crippen LogP contribution >= 0.6 is 0 Å². The molecule has 0 aromatic heterocycles. The lowest BCUT2D eigenvalue weighted by molar-refractivity contribution is 0.414. The molecule has 1 aromatic rings. The van der Waals surface area contributed by atoms with Crippen LogP contribution in [0.2, 0.25) is 0 Å². The Bertz CT molecular complexity index is 392. The smallest absolute Gasteiger partial charge is 0.120 e. The number of nitrogens with zero attached hydrogens (tertiary/aromatic N) is 1. The average molecular weight is 262 g/mol. The van der Waals surface area contributed by atoms with Gasteiger partial charge in [-0.15, -0.1) is 0 Å². The molecule has 1 heterocycles. The van der Waals surface area contributed by atoms with E-state index in [1.807, 2.05) is 6.07 Å². The normalized spacial score (nSPS) is 20.4. The minimum Gasteiger partial charge on any atom is -0.497 e. The van der Waals surface area contributed by atoms with Crippen molar-refractivity contribution < 1.29 is 4.74 Å². The Labute approximate surface area is 116 Å². The van der Waals surface area contributed by atoms with Crippen molar-refractivity contribution in [2.45, 2.75) is 32.7 Å². The second-order valence-electron chi connectivity index (χ2n) is 5.78. The van der Waals surface area contributed by atoms with Crippen molar-refractivity contribution in [3.8, 4) is 5.75 Å². The van der Waals surface area contributed by atoms with Crippen LogP contribution in [0.5, 0.6) is 5.75 Å². The summed E-state index contributed by atoms with van der Waals surface area (Å²) in [4.78, 5) is 2.48. The molecular formula is C16H26N2O. The van der Waals surface area contributed by atoms with E-state index < -0.39 is 0 Å². The molecule has 1 atom stereocenters. The van der Waals surface area contributed by atoms with E-state index in [1.165, 1.54) is 18.5 Å². The Morgan fingerprint density at radius 2 is 2.26 bits per heavy atom. The summed E-state index contributed by atoms with van der Waals surface area (Å²) in [7, 11) is 1.73. The fourth-order valence-electron chi connectivity index (χ4n) is 2.77. The topological polar surface area (TPSA) is 24.5 Å². The van der Waals surface area contributed by atoms with E-state index in [9.17, 15) is 0 Å². The number of ether oxygens (including phenoxy) is 1. The average Bonchev–Trinajstić information content (AvgIpc) is 2.64. The number of methoxy groups -OCH3 is 1. The Morgan fingerprint density at radius 3 is 3.00 bits per heavy atom. The van der Waals surface area contributed by atoms with Crippen LogP contribution in [0.15, 0.2) is 24.3 Å². The summed E-state index contributed by atoms with van der Waals surface area (Å²) < 4.78 is 5.33. The molecule has 1 unspecified atom stereocenters. The van der Waals surface area contributed by atoms with E-state index in [4.69, 9.17) is 4.74 Å². The Kier molecular flexibility index (Phi) is 5.08. The molecular weight excluding hydrogens is 236 g/mol. The molecule has 106 valence electrons. The monoisotopic (exact) mass is 262 g/mol. The third-order valence-electron chi connectivity index (χ3n) is 3.65. The quantitative estimate of drug-likeness (QED) is 0.903. The SMILES string of the molecule is COc1cccc(N2CCCNC(CC(C)C)C2)c1. The Hall–Kier alpha value is -1.22. The van der Waals surface area contributed by atoms with Crippen LogP contribution in [-0.4, -0.2) is 32.8 Å². The number of benzene rings is 1. The summed E-state index contributed by atoms with van der Waals surface area (Å²) in [6.45, 7) is 7.92. The van der Waals surface area contributed by atoms with E-state index >= 15 is 0 Å². The standard InChI is InChI=1S/C16H26N2O/c1-13(2)10-14-12-18(9-5-8-17-14)15-6-4-7-16(11-15)19-3/h4,6-7,11,13-14,17H,5,8-10,12H2,1-3H3. The molecule has 1 saturated heterocycles. The largest absolute Gasteiger partial charge is 0.497 e. The van der Waals surface area contributed by atoms with Crippen LogP contribution in [0.4, 0.5) is 5.69 Å². The molecule has 1 aliphatic rings. The van der Waals surface area contributed by atoms with Gasteiger partial charge in [-0.1, -0.05) is 19.9 Å². The molecule has 2 rings (SSSR count). The molecule has 1 N–H and O–H groups in total. The van der Waals surface area contributed by atoms with Crippen molar-refractivity contribution in [1.29, 1.82) is 0 Å². The zero-order valence-electron chi connectivity index (χ0n) is 12.4. The van der Waals surface area contributed by atoms with Crippen molar-refractivity contribution in [3.05, 3.63) is 24.3 Å². The van der Waals surface area contributed by atoms with Crippen LogP contribution in [0.3, 0.4) is 0 Å². The number of nitrogens with one attached hydrogen (secondary N) is 1. The molecule has 3 heteroatoms. The first-order chi connectivity index (χ1) is 9.19. The highest BCUT2D eigenvalue weighted by molar-refractivity contribution is 5.51. The first kappa shape index (κ1) is 14.2. The number of rotatable bonds is 4. The lowest BCUT2D eigenvalue weighted by atomic mass is 10.0. The fourth-order valence-corrected chi connectivity index (χ4v) is 2.77. The predicted octanol–water partition coefficient (Wildman–Crippen LogP) is 2.91. The molecule has 0 radical (unpaired) electrons. The molecule has 1 aliphatic heterocycles. The summed E-state index contributed by atoms with van der Waals surface area (Å²) in [5.74, 6) is 1.68. The Morgan fingerprint density at radius 1 is 1.42 bits per heavy atom. The third kappa shape index (κ3) is 4.13. The summed E-state index contributed by atoms with van der Waals surface area (Å²) >= 11 is 0. The summed E-state index contributed by atoms with van der Waals surface area (Å²) in [5, 5.41) is 3.67. The van der Waals surface area contributed by atoms with Gasteiger partial charge in [0.25, 0.3) is 0 Å². The van der Waals surface area contributed by atoms with E-state index in [2.05, 4.69) is 42.3 Å². The maximum absolute atomic E-state index is 5.33. The van der Waals surface area contributed by atoms with Crippen molar-refractivity contribution in [2.75, 3.05) is 31.6 Å². The van der Waals surface area contributed by atoms with Gasteiger partial charge in [0.2, 0.25) is 0 Å². The minimum absolute atomic E-state index is 0.591. The molecule has 1 fully saturated rings. The van der Waals surface area contributed by atoms with E-state index in [0.717, 1.165) is 31.3 Å². The van der Waals surface area contributed by atoms with Gasteiger partial charge in [-0.2, -0.15) is 0 Å². The molecule has 0 spiro atoms. The van der Waals surface area contributed by atoms with Gasteiger partial charge in [0.05, 0.1) is 7.11 Å². The number of hydrogen-bond donors (Lipinski definition) is 1. The van der Waals surface area contributed by atoms with Gasteiger partial charge in [0.1, 0.15) is 5.75 Å². The van der Waals surface area contributed by atoms with Crippen molar-refractivity contribution in [1.82, 2.24) is 5.32 Å². The highest BCUT2D eigenvalue weighted by atomic mass is 16.5. The van der Waals surface area contributed by atoms with Gasteiger partial charge in [0, 0.05) is 30.9 Å². The van der Waals surface area contributed by atoms with Crippen LogP contribution in [0.25, 0.3) is 0 Å². The minimum atomic E-state index is 0.591. The van der Waals surface area contributed by atoms with Gasteiger partial charge < -0.3 is 15.0 Å². The first-order valence-corrected chi connectivity index (χ1v) is 7.31. The van der Waals surface area contributed by atoms with Gasteiger partial charge in [-0.05, 0) is 37.4 Å². The van der Waals surface area contributed by atoms with Crippen molar-refractivity contribution >= 4 is 5.69 Å². The van der Waals surface area contributed by atoms with Crippen LogP contribution in [0.1, 0.15) is 26.7 Å². The van der Waals surface area contributed by atoms with Gasteiger partial charge >= 0.3 is 0 Å². The van der Waals surface area contributed by atoms with E-state index in [0.29, 0.717) is 6.04 Å². The molecule has 0 bridgehead atoms. The fraction of sp³-hybridized carbons (Fsp3) is 0.625. The van der Waals surface area contributed by atoms with Crippen LogP contribution in [0, 0.1) is 5.92 Å². The number of anilines is 1. The van der Waals surface area contributed by atoms with Gasteiger partial charge in [-0.25, -0.2) is 0 Å². The van der Waals surface area contributed by atoms with Crippen molar-refractivity contribution in [2.24, 2.45) is 5.92 Å². The maximum Gasteiger partial charge on any atom is 0.120 e. The second-order valence-corrected chi connectivity index (χ2v) is 5.78. The van der Waals surface area contributed by atoms with E-state index in [1.54, 1.807) is 7.11 Å². The molecule has 3 nitrogen and oxygen atoms in total. The summed E-state index contributed by atoms with van der Waals surface area (Å²) in [6.07, 6.45) is 2.44. The molecule has 0 amide bonds. The van der Waals surface area contributed by atoms with Crippen LogP contribution < -0.4 is 15.0 Å². The zero-order chi connectivity index (χ0) is 13.7. The van der Waals surface area contributed by atoms with Gasteiger partial charge in [-0.3, -0.25) is 0 Å². The lowest BCUT2D eigenvalue weighted by Crippen LogP contribution is -2.38. The first-order valence-electron chi connectivity index (χ1n) is 7.31. The molecule has 1 aromatic carbocycles. The predicted molar refractivity (Wildman–Crippen MR) is 81.1 cm³/mol. The molecule has 0 aliphatic carbocycles. The lowest BCUT2D eigenvalue weighted by Gasteiger charge is -2.27. The zero-order valence-corrected chi connectivity index (χ0v) is 12.4. The van der Waals surface area contributed by atoms with Crippen LogP contribution in [-0.2, 0) is 0 Å². The molecule has 19 heavy (non-hydrogen) atoms. The van der Waals surface area contributed by atoms with E-state index in [-0.39, 0.29) is 0 Å². The summed E-state index contributed by atoms with van der Waals surface area (Å²) in [5.41, 5.74) is 1.27. The van der Waals surface area contributed by atoms with Gasteiger partial charge in [0.15, 0.2) is 0 Å². The maximum atomic E-state index is 5.33. The number of hydrogen-bond acceptors (Lipinski definition) is 3. The second kappa shape index (κ2) is 6.80. The highest BCUT2D eigenvalue weighted by Gasteiger charge is 2.19.